The van der Waals surface area contributed by atoms with Crippen LogP contribution in [0.15, 0.2) is 30.6 Å². The van der Waals surface area contributed by atoms with Gasteiger partial charge in [0, 0.05) is 32.7 Å². The highest BCUT2D eigenvalue weighted by molar-refractivity contribution is 7.17. The number of ether oxygens (including phenoxy) is 1. The number of piperazine rings is 1. The average molecular weight is 389 g/mol. The van der Waals surface area contributed by atoms with Gasteiger partial charge >= 0.3 is 0 Å². The van der Waals surface area contributed by atoms with Crippen molar-refractivity contribution in [1.29, 1.82) is 0 Å². The Hall–Kier alpha value is -2.20. The number of aliphatic hydroxyl groups excluding tert-OH is 1. The zero-order chi connectivity index (χ0) is 18.8. The van der Waals surface area contributed by atoms with E-state index in [0.29, 0.717) is 11.5 Å². The molecule has 0 spiro atoms. The van der Waals surface area contributed by atoms with E-state index in [1.165, 1.54) is 22.2 Å². The number of fused-ring (bicyclic) bond motifs is 1. The fourth-order valence-electron chi connectivity index (χ4n) is 3.60. The van der Waals surface area contributed by atoms with Gasteiger partial charge in [-0.05, 0) is 17.7 Å². The van der Waals surface area contributed by atoms with Crippen molar-refractivity contribution in [2.24, 2.45) is 0 Å². The van der Waals surface area contributed by atoms with E-state index in [-0.39, 0.29) is 18.5 Å². The first kappa shape index (κ1) is 18.2. The topological polar surface area (TPSA) is 86.4 Å². The number of rotatable bonds is 6. The van der Waals surface area contributed by atoms with Crippen LogP contribution in [0.25, 0.3) is 4.96 Å². The first-order valence-corrected chi connectivity index (χ1v) is 9.75. The van der Waals surface area contributed by atoms with E-state index in [2.05, 4.69) is 25.9 Å². The molecule has 1 aliphatic rings. The van der Waals surface area contributed by atoms with Crippen LogP contribution in [0.5, 0.6) is 11.6 Å². The molecule has 144 valence electrons. The van der Waals surface area contributed by atoms with Crippen LogP contribution in [0.1, 0.15) is 16.5 Å². The second-order valence-corrected chi connectivity index (χ2v) is 7.53. The molecule has 0 unspecified atom stereocenters. The van der Waals surface area contributed by atoms with E-state index in [0.717, 1.165) is 42.4 Å². The van der Waals surface area contributed by atoms with E-state index in [1.807, 2.05) is 18.2 Å². The van der Waals surface area contributed by atoms with E-state index in [4.69, 9.17) is 4.74 Å². The third kappa shape index (κ3) is 3.51. The quantitative estimate of drug-likeness (QED) is 0.655. The molecule has 1 saturated heterocycles. The number of aromatic hydroxyl groups is 1. The first-order valence-electron chi connectivity index (χ1n) is 8.94. The lowest BCUT2D eigenvalue weighted by molar-refractivity contribution is 0.0945. The number of hydrogen-bond donors (Lipinski definition) is 2. The molecule has 0 amide bonds. The summed E-state index contributed by atoms with van der Waals surface area (Å²) in [5, 5.41) is 24.1. The van der Waals surface area contributed by atoms with Crippen molar-refractivity contribution >= 4 is 16.3 Å². The van der Waals surface area contributed by atoms with Crippen molar-refractivity contribution < 1.29 is 14.9 Å². The lowest BCUT2D eigenvalue weighted by Gasteiger charge is -2.39. The number of methoxy groups -OCH3 is 1. The van der Waals surface area contributed by atoms with Gasteiger partial charge in [0.05, 0.1) is 24.6 Å². The van der Waals surface area contributed by atoms with Crippen LogP contribution in [-0.2, 0) is 0 Å². The van der Waals surface area contributed by atoms with Gasteiger partial charge in [-0.15, -0.1) is 0 Å². The molecule has 0 radical (unpaired) electrons. The number of benzene rings is 1. The van der Waals surface area contributed by atoms with E-state index in [1.54, 1.807) is 7.11 Å². The van der Waals surface area contributed by atoms with Gasteiger partial charge in [0.1, 0.15) is 12.1 Å². The predicted octanol–water partition coefficient (Wildman–Crippen LogP) is 1.20. The second-order valence-electron chi connectivity index (χ2n) is 6.52. The van der Waals surface area contributed by atoms with Crippen LogP contribution in [0, 0.1) is 0 Å². The molecule has 1 fully saturated rings. The summed E-state index contributed by atoms with van der Waals surface area (Å²) in [6.45, 7) is 4.31. The van der Waals surface area contributed by atoms with Crippen LogP contribution in [0.2, 0.25) is 0 Å². The Balaban J connectivity index is 1.71. The SMILES string of the molecule is COc1cccc([C@H](c2sc3ncnn3c2O)N2CCN(CCO)CC2)c1. The fraction of sp³-hybridized carbons (Fsp3) is 0.444. The molecule has 1 aliphatic heterocycles. The molecule has 27 heavy (non-hydrogen) atoms. The third-order valence-corrected chi connectivity index (χ3v) is 6.07. The Bertz CT molecular complexity index is 903. The van der Waals surface area contributed by atoms with E-state index >= 15 is 0 Å². The molecular weight excluding hydrogens is 366 g/mol. The van der Waals surface area contributed by atoms with Gasteiger partial charge in [-0.2, -0.15) is 9.61 Å². The van der Waals surface area contributed by atoms with Crippen molar-refractivity contribution in [1.82, 2.24) is 24.4 Å². The molecule has 1 aromatic carbocycles. The molecule has 0 aliphatic carbocycles. The van der Waals surface area contributed by atoms with E-state index < -0.39 is 0 Å². The van der Waals surface area contributed by atoms with Crippen molar-refractivity contribution in [2.45, 2.75) is 6.04 Å². The van der Waals surface area contributed by atoms with Crippen LogP contribution < -0.4 is 4.74 Å². The van der Waals surface area contributed by atoms with Gasteiger partial charge < -0.3 is 14.9 Å². The molecule has 2 N–H and O–H groups in total. The maximum atomic E-state index is 10.8. The third-order valence-electron chi connectivity index (χ3n) is 4.98. The van der Waals surface area contributed by atoms with Crippen molar-refractivity contribution in [3.05, 3.63) is 41.0 Å². The highest BCUT2D eigenvalue weighted by atomic mass is 32.1. The lowest BCUT2D eigenvalue weighted by Crippen LogP contribution is -2.48. The predicted molar refractivity (Wildman–Crippen MR) is 102 cm³/mol. The zero-order valence-corrected chi connectivity index (χ0v) is 16.0. The number of aromatic nitrogens is 3. The van der Waals surface area contributed by atoms with Crippen LogP contribution in [-0.4, -0.2) is 81.1 Å². The zero-order valence-electron chi connectivity index (χ0n) is 15.2. The minimum atomic E-state index is -0.107. The van der Waals surface area contributed by atoms with Crippen molar-refractivity contribution in [3.8, 4) is 11.6 Å². The second kappa shape index (κ2) is 7.81. The Morgan fingerprint density at radius 2 is 2.07 bits per heavy atom. The lowest BCUT2D eigenvalue weighted by atomic mass is 10.0. The minimum absolute atomic E-state index is 0.107. The van der Waals surface area contributed by atoms with Gasteiger partial charge in [0.15, 0.2) is 0 Å². The molecular formula is C18H23N5O3S. The molecule has 3 heterocycles. The van der Waals surface area contributed by atoms with Gasteiger partial charge in [-0.25, -0.2) is 4.98 Å². The van der Waals surface area contributed by atoms with Crippen LogP contribution in [0.4, 0.5) is 0 Å². The van der Waals surface area contributed by atoms with Gasteiger partial charge in [0.2, 0.25) is 10.8 Å². The maximum absolute atomic E-state index is 10.8. The van der Waals surface area contributed by atoms with Gasteiger partial charge in [-0.3, -0.25) is 9.80 Å². The number of hydrogen-bond acceptors (Lipinski definition) is 8. The number of nitrogens with zero attached hydrogens (tertiary/aromatic N) is 5. The van der Waals surface area contributed by atoms with Gasteiger partial charge in [-0.1, -0.05) is 23.5 Å². The number of thiazole rings is 1. The molecule has 9 heteroatoms. The van der Waals surface area contributed by atoms with E-state index in [9.17, 15) is 10.2 Å². The van der Waals surface area contributed by atoms with Crippen LogP contribution in [0.3, 0.4) is 0 Å². The molecule has 2 aromatic heterocycles. The summed E-state index contributed by atoms with van der Waals surface area (Å²) in [5.41, 5.74) is 1.06. The normalized spacial score (nSPS) is 17.4. The summed E-state index contributed by atoms with van der Waals surface area (Å²) in [7, 11) is 1.66. The number of β-amino-alcohol motifs (C(OH)–C–C–N with tert-alkyl or cyclic N) is 1. The molecule has 1 atom stereocenters. The largest absolute Gasteiger partial charge is 0.497 e. The molecule has 4 rings (SSSR count). The summed E-state index contributed by atoms with van der Waals surface area (Å²) in [5.74, 6) is 0.925. The minimum Gasteiger partial charge on any atom is -0.497 e. The maximum Gasteiger partial charge on any atom is 0.230 e. The molecule has 8 nitrogen and oxygen atoms in total. The Morgan fingerprint density at radius 3 is 2.78 bits per heavy atom. The summed E-state index contributed by atoms with van der Waals surface area (Å²) < 4.78 is 6.89. The van der Waals surface area contributed by atoms with Crippen LogP contribution >= 0.6 is 11.3 Å². The fourth-order valence-corrected chi connectivity index (χ4v) is 4.69. The highest BCUT2D eigenvalue weighted by Gasteiger charge is 2.31. The van der Waals surface area contributed by atoms with Crippen molar-refractivity contribution in [3.63, 3.8) is 0 Å². The van der Waals surface area contributed by atoms with Gasteiger partial charge in [0.25, 0.3) is 0 Å². The first-order chi connectivity index (χ1) is 13.2. The standard InChI is InChI=1S/C18H23N5O3S/c1-26-14-4-2-3-13(11-14)15(22-7-5-21(6-8-22)9-10-24)16-17(25)23-18(27-16)19-12-20-23/h2-4,11-12,15,24-25H,5-10H2,1H3/t15-/m1/s1. The molecule has 0 bridgehead atoms. The Kier molecular flexibility index (Phi) is 5.26. The van der Waals surface area contributed by atoms with Crippen molar-refractivity contribution in [2.75, 3.05) is 46.4 Å². The molecule has 3 aromatic rings. The monoisotopic (exact) mass is 389 g/mol. The summed E-state index contributed by atoms with van der Waals surface area (Å²) in [6, 6.07) is 7.85. The summed E-state index contributed by atoms with van der Waals surface area (Å²) in [4.78, 5) is 10.3. The molecule has 0 saturated carbocycles. The Morgan fingerprint density at radius 1 is 1.26 bits per heavy atom. The summed E-state index contributed by atoms with van der Waals surface area (Å²) >= 11 is 1.45. The Labute approximate surface area is 161 Å². The smallest absolute Gasteiger partial charge is 0.230 e. The average Bonchev–Trinajstić information content (AvgIpc) is 3.27. The summed E-state index contributed by atoms with van der Waals surface area (Å²) in [6.07, 6.45) is 1.45. The highest BCUT2D eigenvalue weighted by Crippen LogP contribution is 2.40. The number of aliphatic hydroxyl groups is 1.